The lowest BCUT2D eigenvalue weighted by Gasteiger charge is -2.54. The van der Waals surface area contributed by atoms with Crippen molar-refractivity contribution in [3.8, 4) is 11.5 Å². The fraction of sp³-hybridized carbons (Fsp3) is 0.318. The molecular weight excluding hydrogens is 358 g/mol. The number of nitrogens with zero attached hydrogens (tertiary/aromatic N) is 1. The summed E-state index contributed by atoms with van der Waals surface area (Å²) < 4.78 is 10.2. The second kappa shape index (κ2) is 8.09. The van der Waals surface area contributed by atoms with E-state index in [0.29, 0.717) is 6.54 Å². The molecule has 0 radical (unpaired) electrons. The Labute approximate surface area is 165 Å². The molecule has 0 spiro atoms. The summed E-state index contributed by atoms with van der Waals surface area (Å²) in [5.74, 6) is 1.59. The van der Waals surface area contributed by atoms with Crippen LogP contribution in [0.25, 0.3) is 0 Å². The lowest BCUT2D eigenvalue weighted by atomic mass is 9.83. The molecule has 1 aliphatic rings. The summed E-state index contributed by atoms with van der Waals surface area (Å²) in [7, 11) is 3.25. The monoisotopic (exact) mass is 383 g/mol. The lowest BCUT2D eigenvalue weighted by Crippen LogP contribution is -2.70. The Kier molecular flexibility index (Phi) is 5.80. The molecule has 1 amide bonds. The normalized spacial score (nSPS) is 21.5. The molecule has 1 saturated heterocycles. The molecule has 2 aromatic carbocycles. The number of likely N-dealkylation sites (tertiary alicyclic amines) is 1. The molecule has 0 saturated carbocycles. The summed E-state index contributed by atoms with van der Waals surface area (Å²) in [6.45, 7) is 6.56. The van der Waals surface area contributed by atoms with Gasteiger partial charge in [0.2, 0.25) is 5.91 Å². The Morgan fingerprint density at radius 2 is 1.93 bits per heavy atom. The number of ether oxygens (including phenoxy) is 2. The van der Waals surface area contributed by atoms with E-state index in [2.05, 4.69) is 13.5 Å². The first-order valence-electron chi connectivity index (χ1n) is 8.98. The molecule has 0 aliphatic carbocycles. The summed E-state index contributed by atoms with van der Waals surface area (Å²) in [6.07, 6.45) is 2.63. The topological polar surface area (TPSA) is 38.8 Å². The second-order valence-electron chi connectivity index (χ2n) is 6.45. The van der Waals surface area contributed by atoms with E-state index in [1.807, 2.05) is 59.5 Å². The van der Waals surface area contributed by atoms with Crippen molar-refractivity contribution >= 4 is 17.7 Å². The first-order chi connectivity index (χ1) is 13.1. The smallest absolute Gasteiger partial charge is 0.242 e. The first-order valence-corrected chi connectivity index (χ1v) is 9.79. The molecular formula is C22H25NO3S. The SMILES string of the molecule is C=CC1N(Cc2ccc(OC)cc2OC)C(=O)C1(CC)Sc1ccccc1. The maximum Gasteiger partial charge on any atom is 0.242 e. The van der Waals surface area contributed by atoms with Gasteiger partial charge in [0.25, 0.3) is 0 Å². The quantitative estimate of drug-likeness (QED) is 0.495. The molecule has 3 rings (SSSR count). The molecule has 2 aromatic rings. The van der Waals surface area contributed by atoms with Crippen LogP contribution in [0.5, 0.6) is 11.5 Å². The highest BCUT2D eigenvalue weighted by Crippen LogP contribution is 2.49. The maximum absolute atomic E-state index is 13.2. The molecule has 0 bridgehead atoms. The van der Waals surface area contributed by atoms with Crippen LogP contribution in [-0.2, 0) is 11.3 Å². The molecule has 142 valence electrons. The molecule has 1 aliphatic heterocycles. The van der Waals surface area contributed by atoms with Gasteiger partial charge in [-0.15, -0.1) is 18.3 Å². The van der Waals surface area contributed by atoms with E-state index >= 15 is 0 Å². The predicted octanol–water partition coefficient (Wildman–Crippen LogP) is 4.54. The predicted molar refractivity (Wildman–Crippen MR) is 109 cm³/mol. The zero-order valence-electron chi connectivity index (χ0n) is 16.0. The van der Waals surface area contributed by atoms with Crippen LogP contribution in [-0.4, -0.2) is 35.8 Å². The fourth-order valence-corrected chi connectivity index (χ4v) is 4.98. The number of methoxy groups -OCH3 is 2. The van der Waals surface area contributed by atoms with Gasteiger partial charge in [-0.3, -0.25) is 4.79 Å². The molecule has 2 atom stereocenters. The Morgan fingerprint density at radius 1 is 1.19 bits per heavy atom. The second-order valence-corrected chi connectivity index (χ2v) is 7.85. The average Bonchev–Trinajstić information content (AvgIpc) is 2.72. The number of carbonyl (C=O) groups is 1. The van der Waals surface area contributed by atoms with Gasteiger partial charge in [-0.2, -0.15) is 0 Å². The van der Waals surface area contributed by atoms with E-state index in [1.54, 1.807) is 26.0 Å². The third kappa shape index (κ3) is 3.44. The summed E-state index contributed by atoms with van der Waals surface area (Å²) in [4.78, 5) is 16.2. The maximum atomic E-state index is 13.2. The number of benzene rings is 2. The van der Waals surface area contributed by atoms with Crippen LogP contribution in [0.4, 0.5) is 0 Å². The average molecular weight is 384 g/mol. The first kappa shape index (κ1) is 19.4. The van der Waals surface area contributed by atoms with Crippen LogP contribution >= 0.6 is 11.8 Å². The van der Waals surface area contributed by atoms with Crippen molar-refractivity contribution in [1.82, 2.24) is 4.90 Å². The third-order valence-electron chi connectivity index (χ3n) is 5.06. The molecule has 0 N–H and O–H groups in total. The van der Waals surface area contributed by atoms with Gasteiger partial charge in [-0.25, -0.2) is 0 Å². The van der Waals surface area contributed by atoms with Crippen LogP contribution in [0.15, 0.2) is 66.1 Å². The van der Waals surface area contributed by atoms with E-state index in [9.17, 15) is 4.79 Å². The summed E-state index contributed by atoms with van der Waals surface area (Å²) >= 11 is 1.64. The van der Waals surface area contributed by atoms with E-state index in [-0.39, 0.29) is 11.9 Å². The fourth-order valence-electron chi connectivity index (χ4n) is 3.57. The molecule has 1 fully saturated rings. The van der Waals surface area contributed by atoms with Gasteiger partial charge >= 0.3 is 0 Å². The van der Waals surface area contributed by atoms with Crippen LogP contribution < -0.4 is 9.47 Å². The van der Waals surface area contributed by atoms with Gasteiger partial charge in [0.1, 0.15) is 16.2 Å². The highest BCUT2D eigenvalue weighted by molar-refractivity contribution is 8.01. The van der Waals surface area contributed by atoms with Crippen molar-refractivity contribution in [2.45, 2.75) is 35.6 Å². The van der Waals surface area contributed by atoms with Crippen LogP contribution in [0.1, 0.15) is 18.9 Å². The van der Waals surface area contributed by atoms with E-state index in [0.717, 1.165) is 28.4 Å². The van der Waals surface area contributed by atoms with Gasteiger partial charge < -0.3 is 14.4 Å². The number of hydrogen-bond donors (Lipinski definition) is 0. The summed E-state index contributed by atoms with van der Waals surface area (Å²) in [5.41, 5.74) is 0.952. The number of carbonyl (C=O) groups excluding carboxylic acids is 1. The van der Waals surface area contributed by atoms with Crippen molar-refractivity contribution in [3.63, 3.8) is 0 Å². The van der Waals surface area contributed by atoms with Gasteiger partial charge in [0, 0.05) is 16.5 Å². The van der Waals surface area contributed by atoms with Crippen LogP contribution in [0.2, 0.25) is 0 Å². The standard InChI is InChI=1S/C22H25NO3S/c1-5-20-22(6-2,27-18-10-8-7-9-11-18)21(24)23(20)15-16-12-13-17(25-3)14-19(16)26-4/h5,7-14,20H,1,6,15H2,2-4H3. The highest BCUT2D eigenvalue weighted by atomic mass is 32.2. The number of β-lactam (4-membered cyclic amide) rings is 1. The molecule has 27 heavy (non-hydrogen) atoms. The van der Waals surface area contributed by atoms with E-state index in [4.69, 9.17) is 9.47 Å². The third-order valence-corrected chi connectivity index (χ3v) is 6.64. The highest BCUT2D eigenvalue weighted by Gasteiger charge is 2.58. The van der Waals surface area contributed by atoms with Crippen molar-refractivity contribution < 1.29 is 14.3 Å². The summed E-state index contributed by atoms with van der Waals surface area (Å²) in [5, 5.41) is 0. The van der Waals surface area contributed by atoms with Crippen molar-refractivity contribution in [1.29, 1.82) is 0 Å². The van der Waals surface area contributed by atoms with Gasteiger partial charge in [0.05, 0.1) is 26.8 Å². The minimum absolute atomic E-state index is 0.0352. The zero-order valence-corrected chi connectivity index (χ0v) is 16.8. The van der Waals surface area contributed by atoms with E-state index < -0.39 is 4.75 Å². The van der Waals surface area contributed by atoms with Crippen LogP contribution in [0, 0.1) is 0 Å². The van der Waals surface area contributed by atoms with Crippen LogP contribution in [0.3, 0.4) is 0 Å². The summed E-state index contributed by atoms with van der Waals surface area (Å²) in [6, 6.07) is 15.7. The molecule has 1 heterocycles. The van der Waals surface area contributed by atoms with Crippen molar-refractivity contribution in [3.05, 3.63) is 66.7 Å². The van der Waals surface area contributed by atoms with Gasteiger partial charge in [0.15, 0.2) is 0 Å². The molecule has 5 heteroatoms. The van der Waals surface area contributed by atoms with Gasteiger partial charge in [-0.1, -0.05) is 31.2 Å². The molecule has 0 aromatic heterocycles. The minimum atomic E-state index is -0.497. The molecule has 2 unspecified atom stereocenters. The Hall–Kier alpha value is -2.40. The molecule has 4 nitrogen and oxygen atoms in total. The number of hydrogen-bond acceptors (Lipinski definition) is 4. The van der Waals surface area contributed by atoms with Gasteiger partial charge in [-0.05, 0) is 30.7 Å². The largest absolute Gasteiger partial charge is 0.497 e. The Bertz CT molecular complexity index is 824. The Balaban J connectivity index is 1.84. The van der Waals surface area contributed by atoms with Crippen molar-refractivity contribution in [2.75, 3.05) is 14.2 Å². The number of amides is 1. The minimum Gasteiger partial charge on any atom is -0.497 e. The zero-order chi connectivity index (χ0) is 19.4. The number of thioether (sulfide) groups is 1. The Morgan fingerprint density at radius 3 is 2.52 bits per heavy atom. The van der Waals surface area contributed by atoms with E-state index in [1.165, 1.54) is 0 Å². The van der Waals surface area contributed by atoms with Crippen molar-refractivity contribution in [2.24, 2.45) is 0 Å². The number of rotatable bonds is 8. The lowest BCUT2D eigenvalue weighted by molar-refractivity contribution is -0.150.